The van der Waals surface area contributed by atoms with E-state index in [2.05, 4.69) is 18.8 Å². The predicted molar refractivity (Wildman–Crippen MR) is 50.0 cm³/mol. The Morgan fingerprint density at radius 1 is 1.64 bits per heavy atom. The van der Waals surface area contributed by atoms with Crippen LogP contribution >= 0.6 is 0 Å². The molecule has 2 nitrogen and oxygen atoms in total. The van der Waals surface area contributed by atoms with Gasteiger partial charge in [0.05, 0.1) is 0 Å². The van der Waals surface area contributed by atoms with E-state index < -0.39 is 0 Å². The lowest BCUT2D eigenvalue weighted by Gasteiger charge is -2.16. The molecule has 0 amide bonds. The van der Waals surface area contributed by atoms with E-state index >= 15 is 0 Å². The zero-order valence-corrected chi connectivity index (χ0v) is 7.94. The third-order valence-electron chi connectivity index (χ3n) is 1.69. The molecule has 0 saturated carbocycles. The molecule has 0 heterocycles. The zero-order valence-electron chi connectivity index (χ0n) is 7.94. The number of nitrogens with zero attached hydrogens (tertiary/aromatic N) is 1. The Labute approximate surface area is 69.6 Å². The van der Waals surface area contributed by atoms with Gasteiger partial charge in [0, 0.05) is 31.7 Å². The summed E-state index contributed by atoms with van der Waals surface area (Å²) >= 11 is 0. The lowest BCUT2D eigenvalue weighted by Crippen LogP contribution is -2.13. The Morgan fingerprint density at radius 2 is 2.18 bits per heavy atom. The summed E-state index contributed by atoms with van der Waals surface area (Å²) in [6, 6.07) is 0. The molecule has 0 saturated heterocycles. The van der Waals surface area contributed by atoms with Crippen LogP contribution in [0.15, 0.2) is 24.2 Å². The second-order valence-electron chi connectivity index (χ2n) is 2.59. The molecule has 0 radical (unpaired) electrons. The van der Waals surface area contributed by atoms with Crippen LogP contribution in [0.4, 0.5) is 0 Å². The van der Waals surface area contributed by atoms with Gasteiger partial charge in [-0.2, -0.15) is 0 Å². The predicted octanol–water partition coefficient (Wildman–Crippen LogP) is 1.92. The van der Waals surface area contributed by atoms with Gasteiger partial charge in [-0.05, 0) is 13.3 Å². The summed E-state index contributed by atoms with van der Waals surface area (Å²) in [5.74, 6) is 0. The van der Waals surface area contributed by atoms with Crippen LogP contribution in [0.2, 0.25) is 0 Å². The molecule has 0 aromatic rings. The van der Waals surface area contributed by atoms with E-state index in [1.807, 2.05) is 32.1 Å². The molecule has 2 heteroatoms. The van der Waals surface area contributed by atoms with Crippen molar-refractivity contribution in [3.63, 3.8) is 0 Å². The van der Waals surface area contributed by atoms with Gasteiger partial charge in [0.1, 0.15) is 0 Å². The molecule has 0 aliphatic heterocycles. The molecule has 0 aromatic heterocycles. The first-order chi connectivity index (χ1) is 5.11. The Hall–Kier alpha value is -0.920. The average Bonchev–Trinajstić information content (AvgIpc) is 2.02. The van der Waals surface area contributed by atoms with Crippen LogP contribution in [0.5, 0.6) is 0 Å². The Balaban J connectivity index is 4.04. The van der Waals surface area contributed by atoms with Crippen molar-refractivity contribution >= 4 is 0 Å². The van der Waals surface area contributed by atoms with Gasteiger partial charge in [0.25, 0.3) is 0 Å². The average molecular weight is 154 g/mol. The monoisotopic (exact) mass is 154 g/mol. The number of nitrogens with one attached hydrogen (secondary N) is 1. The van der Waals surface area contributed by atoms with Gasteiger partial charge in [-0.25, -0.2) is 0 Å². The maximum Gasteiger partial charge on any atom is 0.0237 e. The number of allylic oxidation sites excluding steroid dienone is 2. The van der Waals surface area contributed by atoms with Crippen LogP contribution in [0.3, 0.4) is 0 Å². The first-order valence-electron chi connectivity index (χ1n) is 3.88. The highest BCUT2D eigenvalue weighted by Crippen LogP contribution is 2.04. The van der Waals surface area contributed by atoms with E-state index in [1.54, 1.807) is 0 Å². The highest BCUT2D eigenvalue weighted by molar-refractivity contribution is 5.02. The van der Waals surface area contributed by atoms with Crippen LogP contribution in [0, 0.1) is 0 Å². The lowest BCUT2D eigenvalue weighted by atomic mass is 10.3. The largest absolute Gasteiger partial charge is 0.390 e. The van der Waals surface area contributed by atoms with Crippen molar-refractivity contribution in [2.75, 3.05) is 14.1 Å². The summed E-state index contributed by atoms with van der Waals surface area (Å²) in [5, 5.41) is 3.05. The molecular formula is C9H18N2. The molecule has 0 rings (SSSR count). The maximum absolute atomic E-state index is 3.91. The number of hydrogen-bond donors (Lipinski definition) is 1. The van der Waals surface area contributed by atoms with Crippen LogP contribution in [0.1, 0.15) is 20.3 Å². The molecule has 0 atom stereocenters. The molecule has 64 valence electrons. The third-order valence-corrected chi connectivity index (χ3v) is 1.69. The molecule has 0 fully saturated rings. The molecule has 0 bridgehead atoms. The van der Waals surface area contributed by atoms with Crippen molar-refractivity contribution in [2.24, 2.45) is 0 Å². The summed E-state index contributed by atoms with van der Waals surface area (Å²) in [6.45, 7) is 8.04. The number of rotatable bonds is 4. The molecule has 11 heavy (non-hydrogen) atoms. The van der Waals surface area contributed by atoms with Crippen molar-refractivity contribution < 1.29 is 0 Å². The van der Waals surface area contributed by atoms with Gasteiger partial charge in [-0.15, -0.1) is 0 Å². The number of hydrogen-bond acceptors (Lipinski definition) is 2. The summed E-state index contributed by atoms with van der Waals surface area (Å²) in [4.78, 5) is 2.03. The molecule has 1 N–H and O–H groups in total. The van der Waals surface area contributed by atoms with Crippen molar-refractivity contribution in [1.29, 1.82) is 0 Å². The van der Waals surface area contributed by atoms with Gasteiger partial charge in [-0.3, -0.25) is 0 Å². The quantitative estimate of drug-likeness (QED) is 0.665. The maximum atomic E-state index is 3.91. The minimum Gasteiger partial charge on any atom is -0.390 e. The fourth-order valence-corrected chi connectivity index (χ4v) is 0.696. The summed E-state index contributed by atoms with van der Waals surface area (Å²) in [7, 11) is 3.92. The van der Waals surface area contributed by atoms with E-state index in [0.717, 1.165) is 17.8 Å². The zero-order chi connectivity index (χ0) is 8.85. The molecule has 0 aromatic carbocycles. The van der Waals surface area contributed by atoms with Crippen LogP contribution < -0.4 is 5.32 Å². The van der Waals surface area contributed by atoms with Crippen LogP contribution in [0.25, 0.3) is 0 Å². The van der Waals surface area contributed by atoms with E-state index in [4.69, 9.17) is 0 Å². The Bertz CT molecular complexity index is 159. The lowest BCUT2D eigenvalue weighted by molar-refractivity contribution is 0.540. The molecule has 0 aliphatic rings. The highest BCUT2D eigenvalue weighted by Gasteiger charge is 1.94. The van der Waals surface area contributed by atoms with Gasteiger partial charge in [0.2, 0.25) is 0 Å². The summed E-state index contributed by atoms with van der Waals surface area (Å²) < 4.78 is 0. The topological polar surface area (TPSA) is 15.3 Å². The standard InChI is InChI=1S/C9H18N2/c1-6-9(3)11(5)7-8(2)10-4/h7,10H,3,6H2,1-2,4-5H3/b8-7-. The van der Waals surface area contributed by atoms with E-state index in [0.29, 0.717) is 0 Å². The Morgan fingerprint density at radius 3 is 2.55 bits per heavy atom. The van der Waals surface area contributed by atoms with Crippen LogP contribution in [-0.4, -0.2) is 19.0 Å². The van der Waals surface area contributed by atoms with Crippen molar-refractivity contribution in [2.45, 2.75) is 20.3 Å². The van der Waals surface area contributed by atoms with E-state index in [-0.39, 0.29) is 0 Å². The smallest absolute Gasteiger partial charge is 0.0237 e. The van der Waals surface area contributed by atoms with Crippen molar-refractivity contribution in [3.8, 4) is 0 Å². The molecular weight excluding hydrogens is 136 g/mol. The van der Waals surface area contributed by atoms with Crippen molar-refractivity contribution in [3.05, 3.63) is 24.2 Å². The fourth-order valence-electron chi connectivity index (χ4n) is 0.696. The first kappa shape index (κ1) is 10.1. The molecule has 0 unspecified atom stereocenters. The minimum atomic E-state index is 0.990. The van der Waals surface area contributed by atoms with Gasteiger partial charge >= 0.3 is 0 Å². The third kappa shape index (κ3) is 3.71. The van der Waals surface area contributed by atoms with Crippen LogP contribution in [-0.2, 0) is 0 Å². The van der Waals surface area contributed by atoms with Gasteiger partial charge in [-0.1, -0.05) is 13.5 Å². The fraction of sp³-hybridized carbons (Fsp3) is 0.556. The highest BCUT2D eigenvalue weighted by atomic mass is 15.1. The molecule has 0 spiro atoms. The minimum absolute atomic E-state index is 0.990. The normalized spacial score (nSPS) is 11.1. The Kier molecular flexibility index (Phi) is 4.42. The summed E-state index contributed by atoms with van der Waals surface area (Å²) in [6.07, 6.45) is 3.02. The van der Waals surface area contributed by atoms with E-state index in [9.17, 15) is 0 Å². The van der Waals surface area contributed by atoms with Gasteiger partial charge < -0.3 is 10.2 Å². The SMILES string of the molecule is C=C(CC)N(C)/C=C(/C)NC. The van der Waals surface area contributed by atoms with Gasteiger partial charge in [0.15, 0.2) is 0 Å². The first-order valence-corrected chi connectivity index (χ1v) is 3.88. The second kappa shape index (κ2) is 4.83. The molecule has 0 aliphatic carbocycles. The van der Waals surface area contributed by atoms with Crippen molar-refractivity contribution in [1.82, 2.24) is 10.2 Å². The summed E-state index contributed by atoms with van der Waals surface area (Å²) in [5.41, 5.74) is 2.27. The second-order valence-corrected chi connectivity index (χ2v) is 2.59. The van der Waals surface area contributed by atoms with E-state index in [1.165, 1.54) is 0 Å².